The highest BCUT2D eigenvalue weighted by Gasteiger charge is 2.44. The van der Waals surface area contributed by atoms with Gasteiger partial charge in [-0.1, -0.05) is 30.3 Å². The summed E-state index contributed by atoms with van der Waals surface area (Å²) >= 11 is 3.60. The summed E-state index contributed by atoms with van der Waals surface area (Å²) in [4.78, 5) is 21.1. The zero-order valence-electron chi connectivity index (χ0n) is 18.5. The summed E-state index contributed by atoms with van der Waals surface area (Å²) in [5.74, 6) is 1.51. The zero-order valence-corrected chi connectivity index (χ0v) is 20.0. The maximum absolute atomic E-state index is 11.9. The third kappa shape index (κ3) is 4.52. The van der Waals surface area contributed by atoms with E-state index in [9.17, 15) is 4.79 Å². The molecule has 1 amide bonds. The van der Waals surface area contributed by atoms with Gasteiger partial charge in [-0.25, -0.2) is 9.78 Å². The quantitative estimate of drug-likeness (QED) is 0.502. The van der Waals surface area contributed by atoms with Crippen LogP contribution in [0.2, 0.25) is 0 Å². The molecule has 8 heteroatoms. The Morgan fingerprint density at radius 2 is 1.97 bits per heavy atom. The van der Waals surface area contributed by atoms with Gasteiger partial charge in [-0.2, -0.15) is 0 Å². The largest absolute Gasteiger partial charge is 0.440 e. The molecule has 1 aromatic carbocycles. The number of halogens is 1. The number of carbonyl (C=O) groups is 1. The highest BCUT2D eigenvalue weighted by atomic mass is 79.9. The molecule has 170 valence electrons. The SMILES string of the molecule is COCC(Cc1ccccc1)(OC(N)=O)[C@H]1CC[C@H](c2nc(Br)c3c(C)nccn32)CC1. The molecule has 2 heterocycles. The fraction of sp³-hybridized carbons (Fsp3) is 0.458. The first-order chi connectivity index (χ1) is 15.4. The number of ether oxygens (including phenoxy) is 2. The molecule has 1 atom stereocenters. The predicted octanol–water partition coefficient (Wildman–Crippen LogP) is 4.80. The smallest absolute Gasteiger partial charge is 0.405 e. The van der Waals surface area contributed by atoms with Crippen LogP contribution >= 0.6 is 15.9 Å². The van der Waals surface area contributed by atoms with Crippen LogP contribution in [0.5, 0.6) is 0 Å². The van der Waals surface area contributed by atoms with Gasteiger partial charge in [0.25, 0.3) is 0 Å². The molecule has 3 aromatic rings. The number of nitrogens with two attached hydrogens (primary N) is 1. The normalized spacial score (nSPS) is 20.7. The number of rotatable bonds is 7. The molecule has 1 saturated carbocycles. The van der Waals surface area contributed by atoms with Crippen LogP contribution in [0.3, 0.4) is 0 Å². The molecule has 1 aliphatic rings. The molecular formula is C24H29BrN4O3. The standard InChI is InChI=1S/C24H29BrN4O3/c1-16-20-21(25)28-22(29(20)13-12-27-16)18-8-10-19(11-9-18)24(15-31-2,32-23(26)30)14-17-6-4-3-5-7-17/h3-7,12-13,18-19H,8-11,14-15H2,1-2H3,(H2,26,30)/t18-,19-,24?. The number of amides is 1. The van der Waals surface area contributed by atoms with Crippen molar-refractivity contribution < 1.29 is 14.3 Å². The molecule has 1 unspecified atom stereocenters. The number of hydrogen-bond donors (Lipinski definition) is 1. The molecular weight excluding hydrogens is 472 g/mol. The Morgan fingerprint density at radius 3 is 2.62 bits per heavy atom. The van der Waals surface area contributed by atoms with E-state index >= 15 is 0 Å². The summed E-state index contributed by atoms with van der Waals surface area (Å²) in [5, 5.41) is 0. The fourth-order valence-corrected chi connectivity index (χ4v) is 5.84. The van der Waals surface area contributed by atoms with E-state index in [0.717, 1.165) is 52.9 Å². The fourth-order valence-electron chi connectivity index (χ4n) is 5.18. The van der Waals surface area contributed by atoms with E-state index in [0.29, 0.717) is 18.9 Å². The van der Waals surface area contributed by atoms with E-state index in [2.05, 4.69) is 25.3 Å². The number of methoxy groups -OCH3 is 1. The molecule has 0 bridgehead atoms. The van der Waals surface area contributed by atoms with Gasteiger partial charge in [-0.05, 0) is 54.1 Å². The Balaban J connectivity index is 1.58. The maximum atomic E-state index is 11.9. The van der Waals surface area contributed by atoms with Crippen molar-refractivity contribution in [3.63, 3.8) is 0 Å². The molecule has 0 radical (unpaired) electrons. The van der Waals surface area contributed by atoms with Crippen LogP contribution in [0.25, 0.3) is 5.52 Å². The van der Waals surface area contributed by atoms with Crippen LogP contribution in [0.1, 0.15) is 48.7 Å². The molecule has 0 spiro atoms. The Morgan fingerprint density at radius 1 is 1.25 bits per heavy atom. The Kier molecular flexibility index (Phi) is 6.81. The number of fused-ring (bicyclic) bond motifs is 1. The lowest BCUT2D eigenvalue weighted by atomic mass is 9.71. The molecule has 0 aliphatic heterocycles. The number of primary amides is 1. The van der Waals surface area contributed by atoms with Crippen molar-refractivity contribution in [3.8, 4) is 0 Å². The van der Waals surface area contributed by atoms with Crippen molar-refractivity contribution in [2.24, 2.45) is 11.7 Å². The maximum Gasteiger partial charge on any atom is 0.405 e. The summed E-state index contributed by atoms with van der Waals surface area (Å²) in [6.07, 6.45) is 7.28. The van der Waals surface area contributed by atoms with Crippen LogP contribution in [-0.4, -0.2) is 39.8 Å². The number of imidazole rings is 1. The number of aromatic nitrogens is 3. The number of carbonyl (C=O) groups excluding carboxylic acids is 1. The van der Waals surface area contributed by atoms with E-state index in [4.69, 9.17) is 20.2 Å². The summed E-state index contributed by atoms with van der Waals surface area (Å²) in [6, 6.07) is 10.1. The van der Waals surface area contributed by atoms with Gasteiger partial charge >= 0.3 is 6.09 Å². The van der Waals surface area contributed by atoms with Crippen molar-refractivity contribution in [2.75, 3.05) is 13.7 Å². The molecule has 7 nitrogen and oxygen atoms in total. The van der Waals surface area contributed by atoms with E-state index in [1.807, 2.05) is 49.6 Å². The average molecular weight is 501 g/mol. The van der Waals surface area contributed by atoms with Gasteiger partial charge in [0.15, 0.2) is 0 Å². The lowest BCUT2D eigenvalue weighted by Crippen LogP contribution is -2.50. The Bertz CT molecular complexity index is 1080. The molecule has 1 aliphatic carbocycles. The van der Waals surface area contributed by atoms with Gasteiger partial charge in [0, 0.05) is 37.8 Å². The molecule has 2 aromatic heterocycles. The molecule has 32 heavy (non-hydrogen) atoms. The van der Waals surface area contributed by atoms with Crippen molar-refractivity contribution in [1.29, 1.82) is 0 Å². The van der Waals surface area contributed by atoms with Gasteiger partial charge < -0.3 is 15.2 Å². The summed E-state index contributed by atoms with van der Waals surface area (Å²) < 4.78 is 14.4. The second kappa shape index (κ2) is 9.58. The first kappa shape index (κ1) is 22.7. The van der Waals surface area contributed by atoms with E-state index in [-0.39, 0.29) is 5.92 Å². The first-order valence-electron chi connectivity index (χ1n) is 10.9. The first-order valence-corrected chi connectivity index (χ1v) is 11.7. The summed E-state index contributed by atoms with van der Waals surface area (Å²) in [7, 11) is 1.64. The Labute approximate surface area is 196 Å². The highest BCUT2D eigenvalue weighted by molar-refractivity contribution is 9.10. The lowest BCUT2D eigenvalue weighted by molar-refractivity contribution is -0.0886. The summed E-state index contributed by atoms with van der Waals surface area (Å²) in [5.41, 5.74) is 7.79. The topological polar surface area (TPSA) is 91.7 Å². The van der Waals surface area contributed by atoms with E-state index in [1.54, 1.807) is 7.11 Å². The molecule has 4 rings (SSSR count). The van der Waals surface area contributed by atoms with Crippen LogP contribution in [0.15, 0.2) is 47.3 Å². The van der Waals surface area contributed by atoms with Crippen molar-refractivity contribution in [2.45, 2.75) is 50.5 Å². The van der Waals surface area contributed by atoms with Gasteiger partial charge in [0.1, 0.15) is 21.5 Å². The van der Waals surface area contributed by atoms with Crippen LogP contribution in [0.4, 0.5) is 4.79 Å². The number of benzene rings is 1. The third-order valence-corrected chi connectivity index (χ3v) is 7.15. The van der Waals surface area contributed by atoms with E-state index in [1.165, 1.54) is 0 Å². The van der Waals surface area contributed by atoms with Gasteiger partial charge in [0.2, 0.25) is 0 Å². The minimum Gasteiger partial charge on any atom is -0.440 e. The second-order valence-corrected chi connectivity index (χ2v) is 9.37. The minimum absolute atomic E-state index is 0.143. The predicted molar refractivity (Wildman–Crippen MR) is 126 cm³/mol. The second-order valence-electron chi connectivity index (χ2n) is 8.62. The molecule has 1 fully saturated rings. The van der Waals surface area contributed by atoms with Crippen LogP contribution < -0.4 is 5.73 Å². The van der Waals surface area contributed by atoms with Crippen LogP contribution in [-0.2, 0) is 15.9 Å². The molecule has 0 saturated heterocycles. The highest BCUT2D eigenvalue weighted by Crippen LogP contribution is 2.43. The van der Waals surface area contributed by atoms with Gasteiger partial charge in [0.05, 0.1) is 12.3 Å². The third-order valence-electron chi connectivity index (χ3n) is 6.60. The van der Waals surface area contributed by atoms with Gasteiger partial charge in [-0.15, -0.1) is 0 Å². The number of aryl methyl sites for hydroxylation is 1. The molecule has 2 N–H and O–H groups in total. The number of nitrogens with zero attached hydrogens (tertiary/aromatic N) is 3. The van der Waals surface area contributed by atoms with E-state index < -0.39 is 11.7 Å². The monoisotopic (exact) mass is 500 g/mol. The zero-order chi connectivity index (χ0) is 22.7. The van der Waals surface area contributed by atoms with Gasteiger partial charge in [-0.3, -0.25) is 9.38 Å². The van der Waals surface area contributed by atoms with Crippen molar-refractivity contribution in [1.82, 2.24) is 14.4 Å². The lowest BCUT2D eigenvalue weighted by Gasteiger charge is -2.42. The average Bonchev–Trinajstić information content (AvgIpc) is 3.12. The Hall–Kier alpha value is -2.45. The van der Waals surface area contributed by atoms with Crippen LogP contribution in [0, 0.1) is 12.8 Å². The van der Waals surface area contributed by atoms with Crippen molar-refractivity contribution in [3.05, 3.63) is 64.4 Å². The van der Waals surface area contributed by atoms with Crippen molar-refractivity contribution >= 4 is 27.5 Å². The summed E-state index contributed by atoms with van der Waals surface area (Å²) in [6.45, 7) is 2.30. The minimum atomic E-state index is -0.789. The number of hydrogen-bond acceptors (Lipinski definition) is 5.